The minimum atomic E-state index is -0.223. The summed E-state index contributed by atoms with van der Waals surface area (Å²) in [6, 6.07) is 19.2. The van der Waals surface area contributed by atoms with Gasteiger partial charge in [0.15, 0.2) is 0 Å². The maximum Gasteiger partial charge on any atom is 0.268 e. The first-order chi connectivity index (χ1) is 10.7. The summed E-state index contributed by atoms with van der Waals surface area (Å²) in [7, 11) is 0. The van der Waals surface area contributed by atoms with Crippen LogP contribution in [-0.2, 0) is 16.1 Å². The number of nitrogens with one attached hydrogen (secondary N) is 1. The van der Waals surface area contributed by atoms with E-state index in [9.17, 15) is 9.59 Å². The van der Waals surface area contributed by atoms with Crippen molar-refractivity contribution >= 4 is 17.9 Å². The third-order valence-corrected chi connectivity index (χ3v) is 3.51. The lowest BCUT2D eigenvalue weighted by atomic mass is 10.1. The third-order valence-electron chi connectivity index (χ3n) is 3.51. The molecule has 4 heteroatoms. The number of piperazine rings is 1. The predicted octanol–water partition coefficient (Wildman–Crippen LogP) is 2.19. The zero-order valence-electron chi connectivity index (χ0n) is 12.0. The summed E-state index contributed by atoms with van der Waals surface area (Å²) < 4.78 is 0. The van der Waals surface area contributed by atoms with Gasteiger partial charge in [-0.3, -0.25) is 9.59 Å². The molecule has 0 aromatic heterocycles. The van der Waals surface area contributed by atoms with Gasteiger partial charge in [0.2, 0.25) is 5.91 Å². The fraction of sp³-hybridized carbons (Fsp3) is 0.111. The molecule has 0 aliphatic carbocycles. The SMILES string of the molecule is O=C1NCC(=O)N(Cc2ccccc2)C1=Cc1ccccc1. The summed E-state index contributed by atoms with van der Waals surface area (Å²) in [5.74, 6) is -0.329. The molecule has 0 bridgehead atoms. The summed E-state index contributed by atoms with van der Waals surface area (Å²) in [5.41, 5.74) is 2.26. The van der Waals surface area contributed by atoms with Crippen molar-refractivity contribution in [2.24, 2.45) is 0 Å². The summed E-state index contributed by atoms with van der Waals surface area (Å²) in [4.78, 5) is 25.9. The zero-order chi connectivity index (χ0) is 15.4. The van der Waals surface area contributed by atoms with E-state index in [1.54, 1.807) is 11.0 Å². The van der Waals surface area contributed by atoms with Crippen molar-refractivity contribution in [2.75, 3.05) is 6.54 Å². The van der Waals surface area contributed by atoms with E-state index in [0.717, 1.165) is 11.1 Å². The van der Waals surface area contributed by atoms with E-state index in [1.807, 2.05) is 60.7 Å². The van der Waals surface area contributed by atoms with Crippen molar-refractivity contribution in [2.45, 2.75) is 6.54 Å². The molecule has 3 rings (SSSR count). The number of carbonyl (C=O) groups excluding carboxylic acids is 2. The van der Waals surface area contributed by atoms with Crippen LogP contribution in [0.5, 0.6) is 0 Å². The molecule has 110 valence electrons. The summed E-state index contributed by atoms with van der Waals surface area (Å²) >= 11 is 0. The fourth-order valence-corrected chi connectivity index (χ4v) is 2.39. The Morgan fingerprint density at radius 3 is 2.27 bits per heavy atom. The van der Waals surface area contributed by atoms with Gasteiger partial charge in [-0.2, -0.15) is 0 Å². The van der Waals surface area contributed by atoms with Crippen LogP contribution in [0.3, 0.4) is 0 Å². The number of rotatable bonds is 3. The third kappa shape index (κ3) is 3.06. The Kier molecular flexibility index (Phi) is 4.01. The second kappa shape index (κ2) is 6.26. The van der Waals surface area contributed by atoms with Crippen molar-refractivity contribution in [3.63, 3.8) is 0 Å². The van der Waals surface area contributed by atoms with E-state index in [-0.39, 0.29) is 18.4 Å². The molecule has 0 saturated carbocycles. The van der Waals surface area contributed by atoms with Gasteiger partial charge in [0, 0.05) is 0 Å². The van der Waals surface area contributed by atoms with Gasteiger partial charge in [0.25, 0.3) is 5.91 Å². The van der Waals surface area contributed by atoms with Crippen LogP contribution in [0.1, 0.15) is 11.1 Å². The van der Waals surface area contributed by atoms with E-state index >= 15 is 0 Å². The Balaban J connectivity index is 1.94. The van der Waals surface area contributed by atoms with Crippen molar-refractivity contribution in [1.82, 2.24) is 10.2 Å². The Labute approximate surface area is 129 Å². The highest BCUT2D eigenvalue weighted by atomic mass is 16.2. The molecule has 1 fully saturated rings. The Morgan fingerprint density at radius 1 is 0.955 bits per heavy atom. The maximum absolute atomic E-state index is 12.2. The van der Waals surface area contributed by atoms with Crippen LogP contribution >= 0.6 is 0 Å². The first kappa shape index (κ1) is 14.1. The second-order valence-electron chi connectivity index (χ2n) is 5.09. The average molecular weight is 292 g/mol. The Hall–Kier alpha value is -2.88. The van der Waals surface area contributed by atoms with Gasteiger partial charge in [-0.05, 0) is 17.2 Å². The molecule has 0 atom stereocenters. The lowest BCUT2D eigenvalue weighted by Crippen LogP contribution is -2.49. The molecule has 1 aliphatic rings. The van der Waals surface area contributed by atoms with Crippen molar-refractivity contribution < 1.29 is 9.59 Å². The highest BCUT2D eigenvalue weighted by Gasteiger charge is 2.28. The van der Waals surface area contributed by atoms with E-state index in [1.165, 1.54) is 0 Å². The summed E-state index contributed by atoms with van der Waals surface area (Å²) in [6.07, 6.45) is 1.75. The largest absolute Gasteiger partial charge is 0.342 e. The number of amides is 2. The second-order valence-corrected chi connectivity index (χ2v) is 5.09. The highest BCUT2D eigenvalue weighted by molar-refractivity contribution is 6.05. The molecule has 0 unspecified atom stereocenters. The number of hydrogen-bond donors (Lipinski definition) is 1. The van der Waals surface area contributed by atoms with E-state index < -0.39 is 0 Å². The Bertz CT molecular complexity index is 708. The van der Waals surface area contributed by atoms with Gasteiger partial charge in [0.05, 0.1) is 13.1 Å². The lowest BCUT2D eigenvalue weighted by molar-refractivity contribution is -0.136. The van der Waals surface area contributed by atoms with Gasteiger partial charge in [0.1, 0.15) is 5.70 Å². The first-order valence-electron chi connectivity index (χ1n) is 7.13. The number of benzene rings is 2. The molecule has 1 heterocycles. The van der Waals surface area contributed by atoms with Crippen LogP contribution < -0.4 is 5.32 Å². The van der Waals surface area contributed by atoms with E-state index in [0.29, 0.717) is 12.2 Å². The molecule has 2 aromatic rings. The standard InChI is InChI=1S/C18H16N2O2/c21-17-12-19-18(22)16(11-14-7-3-1-4-8-14)20(17)13-15-9-5-2-6-10-15/h1-11H,12-13H2,(H,19,22). The molecular weight excluding hydrogens is 276 g/mol. The normalized spacial score (nSPS) is 16.7. The van der Waals surface area contributed by atoms with Crippen LogP contribution in [0.2, 0.25) is 0 Å². The first-order valence-corrected chi connectivity index (χ1v) is 7.13. The molecule has 0 spiro atoms. The smallest absolute Gasteiger partial charge is 0.268 e. The number of hydrogen-bond acceptors (Lipinski definition) is 2. The van der Waals surface area contributed by atoms with Crippen LogP contribution in [0, 0.1) is 0 Å². The van der Waals surface area contributed by atoms with Crippen molar-refractivity contribution in [3.05, 3.63) is 77.5 Å². The van der Waals surface area contributed by atoms with Gasteiger partial charge in [-0.15, -0.1) is 0 Å². The monoisotopic (exact) mass is 292 g/mol. The lowest BCUT2D eigenvalue weighted by Gasteiger charge is -2.29. The predicted molar refractivity (Wildman–Crippen MR) is 84.4 cm³/mol. The summed E-state index contributed by atoms with van der Waals surface area (Å²) in [6.45, 7) is 0.434. The van der Waals surface area contributed by atoms with Crippen molar-refractivity contribution in [3.8, 4) is 0 Å². The van der Waals surface area contributed by atoms with E-state index in [2.05, 4.69) is 5.32 Å². The number of carbonyl (C=O) groups is 2. The van der Waals surface area contributed by atoms with Crippen molar-refractivity contribution in [1.29, 1.82) is 0 Å². The molecule has 22 heavy (non-hydrogen) atoms. The van der Waals surface area contributed by atoms with Crippen LogP contribution in [0.15, 0.2) is 66.4 Å². The fourth-order valence-electron chi connectivity index (χ4n) is 2.39. The minimum Gasteiger partial charge on any atom is -0.342 e. The van der Waals surface area contributed by atoms with Gasteiger partial charge >= 0.3 is 0 Å². The zero-order valence-corrected chi connectivity index (χ0v) is 12.0. The maximum atomic E-state index is 12.2. The minimum absolute atomic E-state index is 0.0395. The molecule has 1 saturated heterocycles. The molecule has 2 amide bonds. The van der Waals surface area contributed by atoms with E-state index in [4.69, 9.17) is 0 Å². The van der Waals surface area contributed by atoms with Crippen LogP contribution in [0.4, 0.5) is 0 Å². The topological polar surface area (TPSA) is 49.4 Å². The molecule has 1 N–H and O–H groups in total. The number of nitrogens with zero attached hydrogens (tertiary/aromatic N) is 1. The van der Waals surface area contributed by atoms with Gasteiger partial charge < -0.3 is 10.2 Å². The molecule has 0 radical (unpaired) electrons. The molecule has 1 aliphatic heterocycles. The van der Waals surface area contributed by atoms with Crippen LogP contribution in [-0.4, -0.2) is 23.3 Å². The van der Waals surface area contributed by atoms with Crippen LogP contribution in [0.25, 0.3) is 6.08 Å². The molecule has 2 aromatic carbocycles. The molecular formula is C18H16N2O2. The quantitative estimate of drug-likeness (QED) is 0.882. The van der Waals surface area contributed by atoms with Gasteiger partial charge in [-0.1, -0.05) is 60.7 Å². The average Bonchev–Trinajstić information content (AvgIpc) is 2.56. The highest BCUT2D eigenvalue weighted by Crippen LogP contribution is 2.18. The Morgan fingerprint density at radius 2 is 1.59 bits per heavy atom. The molecule has 4 nitrogen and oxygen atoms in total. The summed E-state index contributed by atoms with van der Waals surface area (Å²) in [5, 5.41) is 2.62. The van der Waals surface area contributed by atoms with Gasteiger partial charge in [-0.25, -0.2) is 0 Å².